The summed E-state index contributed by atoms with van der Waals surface area (Å²) >= 11 is 5.98. The number of carbonyl (C=O) groups excluding carboxylic acids is 1. The highest BCUT2D eigenvalue weighted by atomic mass is 35.5. The van der Waals surface area contributed by atoms with Crippen molar-refractivity contribution >= 4 is 23.3 Å². The third kappa shape index (κ3) is 2.73. The molecule has 0 saturated heterocycles. The second-order valence-corrected chi connectivity index (χ2v) is 5.07. The molecule has 1 aromatic rings. The molecule has 0 bridgehead atoms. The Bertz CT molecular complexity index is 452. The Morgan fingerprint density at radius 3 is 2.89 bits per heavy atom. The predicted molar refractivity (Wildman–Crippen MR) is 71.3 cm³/mol. The fourth-order valence-corrected chi connectivity index (χ4v) is 2.47. The molecular weight excluding hydrogens is 252 g/mol. The number of nitrogens with one attached hydrogen (secondary N) is 2. The van der Waals surface area contributed by atoms with E-state index in [4.69, 9.17) is 17.4 Å². The lowest BCUT2D eigenvalue weighted by molar-refractivity contribution is 0.0925. The molecule has 1 heterocycles. The maximum Gasteiger partial charge on any atom is 0.271 e. The Morgan fingerprint density at radius 2 is 2.28 bits per heavy atom. The van der Waals surface area contributed by atoms with Crippen LogP contribution < -0.4 is 16.6 Å². The van der Waals surface area contributed by atoms with Gasteiger partial charge in [-0.15, -0.1) is 0 Å². The number of hydrogen-bond donors (Lipinski definition) is 3. The minimum absolute atomic E-state index is 0.213. The first-order valence-corrected chi connectivity index (χ1v) is 6.43. The molecule has 2 unspecified atom stereocenters. The first-order valence-electron chi connectivity index (χ1n) is 6.06. The first-order chi connectivity index (χ1) is 8.61. The zero-order valence-electron chi connectivity index (χ0n) is 10.2. The first kappa shape index (κ1) is 13.1. The lowest BCUT2D eigenvalue weighted by atomic mass is 10.1. The van der Waals surface area contributed by atoms with Crippen LogP contribution in [0.15, 0.2) is 12.1 Å². The topological polar surface area (TPSA) is 80.0 Å². The van der Waals surface area contributed by atoms with E-state index < -0.39 is 0 Å². The summed E-state index contributed by atoms with van der Waals surface area (Å²) in [6, 6.07) is 3.44. The van der Waals surface area contributed by atoms with Crippen LogP contribution in [-0.2, 0) is 0 Å². The molecule has 4 N–H and O–H groups in total. The van der Waals surface area contributed by atoms with Crippen LogP contribution in [-0.4, -0.2) is 16.9 Å². The summed E-state index contributed by atoms with van der Waals surface area (Å²) in [5, 5.41) is 3.31. The van der Waals surface area contributed by atoms with E-state index in [1.54, 1.807) is 12.1 Å². The number of nitrogen functional groups attached to an aromatic ring is 1. The zero-order chi connectivity index (χ0) is 13.1. The van der Waals surface area contributed by atoms with Gasteiger partial charge in [0.05, 0.1) is 5.02 Å². The third-order valence-corrected chi connectivity index (χ3v) is 3.69. The number of carbonyl (C=O) groups is 1. The molecule has 0 aromatic carbocycles. The Balaban J connectivity index is 2.12. The number of hydrazine groups is 1. The Kier molecular flexibility index (Phi) is 4.04. The average molecular weight is 269 g/mol. The van der Waals surface area contributed by atoms with Crippen molar-refractivity contribution in [1.29, 1.82) is 0 Å². The Morgan fingerprint density at radius 1 is 1.50 bits per heavy atom. The average Bonchev–Trinajstić information content (AvgIpc) is 2.75. The van der Waals surface area contributed by atoms with Gasteiger partial charge in [0.15, 0.2) is 0 Å². The van der Waals surface area contributed by atoms with Crippen LogP contribution >= 0.6 is 11.6 Å². The monoisotopic (exact) mass is 268 g/mol. The van der Waals surface area contributed by atoms with Crippen molar-refractivity contribution in [3.8, 4) is 0 Å². The van der Waals surface area contributed by atoms with Gasteiger partial charge in [0.1, 0.15) is 11.5 Å². The molecule has 0 aliphatic heterocycles. The molecule has 0 spiro atoms. The molecule has 5 nitrogen and oxygen atoms in total. The van der Waals surface area contributed by atoms with E-state index in [2.05, 4.69) is 22.7 Å². The van der Waals surface area contributed by atoms with Crippen LogP contribution in [0.25, 0.3) is 0 Å². The summed E-state index contributed by atoms with van der Waals surface area (Å²) in [5.74, 6) is 5.95. The van der Waals surface area contributed by atoms with Gasteiger partial charge in [-0.25, -0.2) is 10.8 Å². The van der Waals surface area contributed by atoms with Gasteiger partial charge in [0, 0.05) is 6.04 Å². The molecule has 98 valence electrons. The highest BCUT2D eigenvalue weighted by molar-refractivity contribution is 6.33. The van der Waals surface area contributed by atoms with Crippen LogP contribution in [0.5, 0.6) is 0 Å². The standard InChI is InChI=1S/C12H17ClN4O/c1-7-3-2-4-9(7)15-12(18)11-8(13)5-6-10(16-11)17-14/h5-7,9H,2-4,14H2,1H3,(H,15,18)(H,16,17). The summed E-state index contributed by atoms with van der Waals surface area (Å²) in [6.07, 6.45) is 3.31. The molecule has 18 heavy (non-hydrogen) atoms. The molecule has 1 saturated carbocycles. The zero-order valence-corrected chi connectivity index (χ0v) is 11.0. The summed E-state index contributed by atoms with van der Waals surface area (Å²) in [5.41, 5.74) is 2.62. The summed E-state index contributed by atoms with van der Waals surface area (Å²) < 4.78 is 0. The van der Waals surface area contributed by atoms with Gasteiger partial charge in [-0.05, 0) is 30.9 Å². The molecule has 2 rings (SSSR count). The van der Waals surface area contributed by atoms with Gasteiger partial charge < -0.3 is 10.7 Å². The number of aromatic nitrogens is 1. The molecule has 0 radical (unpaired) electrons. The molecule has 6 heteroatoms. The number of halogens is 1. The Labute approximate surface area is 111 Å². The van der Waals surface area contributed by atoms with Crippen LogP contribution in [0.1, 0.15) is 36.7 Å². The second kappa shape index (κ2) is 5.54. The van der Waals surface area contributed by atoms with E-state index in [1.807, 2.05) is 0 Å². The number of anilines is 1. The normalized spacial score (nSPS) is 22.8. The van der Waals surface area contributed by atoms with Crippen molar-refractivity contribution in [3.05, 3.63) is 22.8 Å². The van der Waals surface area contributed by atoms with Crippen molar-refractivity contribution in [1.82, 2.24) is 10.3 Å². The van der Waals surface area contributed by atoms with E-state index in [9.17, 15) is 4.79 Å². The van der Waals surface area contributed by atoms with Crippen molar-refractivity contribution in [2.45, 2.75) is 32.2 Å². The second-order valence-electron chi connectivity index (χ2n) is 4.66. The number of hydrogen-bond acceptors (Lipinski definition) is 4. The van der Waals surface area contributed by atoms with Gasteiger partial charge in [-0.1, -0.05) is 24.9 Å². The molecule has 1 aliphatic rings. The molecule has 1 aromatic heterocycles. The number of rotatable bonds is 3. The van der Waals surface area contributed by atoms with Crippen LogP contribution in [0.4, 0.5) is 5.82 Å². The van der Waals surface area contributed by atoms with Crippen molar-refractivity contribution in [2.75, 3.05) is 5.43 Å². The van der Waals surface area contributed by atoms with E-state index in [0.717, 1.165) is 19.3 Å². The van der Waals surface area contributed by atoms with Gasteiger partial charge in [0.2, 0.25) is 0 Å². The summed E-state index contributed by atoms with van der Waals surface area (Å²) in [4.78, 5) is 16.2. The van der Waals surface area contributed by atoms with Crippen LogP contribution in [0.2, 0.25) is 5.02 Å². The maximum absolute atomic E-state index is 12.1. The minimum Gasteiger partial charge on any atom is -0.348 e. The smallest absolute Gasteiger partial charge is 0.271 e. The number of nitrogens with zero attached hydrogens (tertiary/aromatic N) is 1. The highest BCUT2D eigenvalue weighted by Gasteiger charge is 2.26. The van der Waals surface area contributed by atoms with Crippen molar-refractivity contribution in [3.63, 3.8) is 0 Å². The number of amides is 1. The summed E-state index contributed by atoms with van der Waals surface area (Å²) in [6.45, 7) is 2.14. The lowest BCUT2D eigenvalue weighted by Gasteiger charge is -2.17. The van der Waals surface area contributed by atoms with Gasteiger partial charge in [-0.3, -0.25) is 4.79 Å². The predicted octanol–water partition coefficient (Wildman–Crippen LogP) is 1.94. The van der Waals surface area contributed by atoms with Crippen LogP contribution in [0, 0.1) is 5.92 Å². The van der Waals surface area contributed by atoms with Gasteiger partial charge in [-0.2, -0.15) is 0 Å². The third-order valence-electron chi connectivity index (χ3n) is 3.39. The quantitative estimate of drug-likeness (QED) is 0.578. The largest absolute Gasteiger partial charge is 0.348 e. The van der Waals surface area contributed by atoms with E-state index in [0.29, 0.717) is 16.8 Å². The van der Waals surface area contributed by atoms with Gasteiger partial charge in [0.25, 0.3) is 5.91 Å². The molecule has 2 atom stereocenters. The highest BCUT2D eigenvalue weighted by Crippen LogP contribution is 2.25. The SMILES string of the molecule is CC1CCCC1NC(=O)c1nc(NN)ccc1Cl. The molecule has 1 amide bonds. The van der Waals surface area contributed by atoms with Gasteiger partial charge >= 0.3 is 0 Å². The van der Waals surface area contributed by atoms with Crippen molar-refractivity contribution in [2.24, 2.45) is 11.8 Å². The lowest BCUT2D eigenvalue weighted by Crippen LogP contribution is -2.37. The Hall–Kier alpha value is -1.33. The maximum atomic E-state index is 12.1. The molecule has 1 aliphatic carbocycles. The molecular formula is C12H17ClN4O. The fraction of sp³-hybridized carbons (Fsp3) is 0.500. The fourth-order valence-electron chi connectivity index (χ4n) is 2.28. The van der Waals surface area contributed by atoms with E-state index in [1.165, 1.54) is 0 Å². The van der Waals surface area contributed by atoms with Crippen molar-refractivity contribution < 1.29 is 4.79 Å². The van der Waals surface area contributed by atoms with E-state index in [-0.39, 0.29) is 17.6 Å². The van der Waals surface area contributed by atoms with Crippen LogP contribution in [0.3, 0.4) is 0 Å². The van der Waals surface area contributed by atoms with E-state index >= 15 is 0 Å². The number of pyridine rings is 1. The number of nitrogens with two attached hydrogens (primary N) is 1. The molecule has 1 fully saturated rings. The minimum atomic E-state index is -0.240. The summed E-state index contributed by atoms with van der Waals surface area (Å²) in [7, 11) is 0.